The summed E-state index contributed by atoms with van der Waals surface area (Å²) in [6.07, 6.45) is 1.56. The van der Waals surface area contributed by atoms with E-state index in [1.165, 1.54) is 17.5 Å². The van der Waals surface area contributed by atoms with Gasteiger partial charge in [0.25, 0.3) is 5.91 Å². The van der Waals surface area contributed by atoms with E-state index in [9.17, 15) is 15.0 Å². The average Bonchev–Trinajstić information content (AvgIpc) is 3.34. The van der Waals surface area contributed by atoms with Gasteiger partial charge in [-0.15, -0.1) is 11.3 Å². The van der Waals surface area contributed by atoms with E-state index in [0.717, 1.165) is 5.52 Å². The van der Waals surface area contributed by atoms with Crippen LogP contribution in [0.2, 0.25) is 0 Å². The molecule has 2 aromatic carbocycles. The summed E-state index contributed by atoms with van der Waals surface area (Å²) in [5.41, 5.74) is 3.77. The van der Waals surface area contributed by atoms with Crippen molar-refractivity contribution >= 4 is 38.9 Å². The number of hydrogen-bond acceptors (Lipinski definition) is 7. The van der Waals surface area contributed by atoms with Crippen LogP contribution >= 0.6 is 11.3 Å². The molecule has 148 valence electrons. The number of aliphatic hydroxyl groups excluding tert-OH is 1. The van der Waals surface area contributed by atoms with Crippen molar-refractivity contribution in [2.75, 3.05) is 5.32 Å². The molecule has 30 heavy (non-hydrogen) atoms. The van der Waals surface area contributed by atoms with Crippen LogP contribution in [-0.2, 0) is 0 Å². The van der Waals surface area contributed by atoms with Gasteiger partial charge in [-0.05, 0) is 18.2 Å². The first kappa shape index (κ1) is 18.4. The number of carbonyl (C=O) groups excluding carboxylic acids is 1. The number of nitrogens with zero attached hydrogens (tertiary/aromatic N) is 4. The number of aromatic nitrogens is 4. The van der Waals surface area contributed by atoms with E-state index in [0.29, 0.717) is 33.1 Å². The lowest BCUT2D eigenvalue weighted by atomic mass is 10.1. The number of benzene rings is 2. The molecule has 5 rings (SSSR count). The topological polar surface area (TPSA) is 113 Å². The molecule has 3 N–H and O–H groups in total. The Hall–Kier alpha value is -3.66. The Kier molecular flexibility index (Phi) is 4.47. The Bertz CT molecular complexity index is 1390. The van der Waals surface area contributed by atoms with Gasteiger partial charge in [0.1, 0.15) is 5.69 Å². The molecule has 0 bridgehead atoms. The van der Waals surface area contributed by atoms with Gasteiger partial charge < -0.3 is 15.5 Å². The molecule has 1 amide bonds. The number of fused-ring (bicyclic) bond motifs is 2. The number of para-hydroxylation sites is 3. The number of aliphatic hydroxyl groups is 2. The van der Waals surface area contributed by atoms with Crippen molar-refractivity contribution in [1.82, 2.24) is 19.4 Å². The summed E-state index contributed by atoms with van der Waals surface area (Å²) in [4.78, 5) is 26.6. The van der Waals surface area contributed by atoms with Crippen molar-refractivity contribution in [3.8, 4) is 11.3 Å². The molecule has 3 heterocycles. The number of thiazole rings is 1. The maximum atomic E-state index is 12.8. The van der Waals surface area contributed by atoms with Gasteiger partial charge in [0.15, 0.2) is 11.3 Å². The highest BCUT2D eigenvalue weighted by atomic mass is 32.1. The molecule has 9 heteroatoms. The highest BCUT2D eigenvalue weighted by molar-refractivity contribution is 7.15. The summed E-state index contributed by atoms with van der Waals surface area (Å²) in [5.74, 6) is -0.381. The summed E-state index contributed by atoms with van der Waals surface area (Å²) in [6, 6.07) is 14.6. The molecule has 0 aliphatic heterocycles. The van der Waals surface area contributed by atoms with Gasteiger partial charge in [-0.25, -0.2) is 9.97 Å². The molecule has 0 atom stereocenters. The maximum absolute atomic E-state index is 12.8. The minimum absolute atomic E-state index is 0.208. The molecule has 0 aliphatic rings. The van der Waals surface area contributed by atoms with Crippen molar-refractivity contribution < 1.29 is 15.0 Å². The third kappa shape index (κ3) is 3.20. The second kappa shape index (κ2) is 7.30. The Labute approximate surface area is 174 Å². The van der Waals surface area contributed by atoms with E-state index < -0.39 is 6.29 Å². The van der Waals surface area contributed by atoms with Crippen LogP contribution in [0.5, 0.6) is 0 Å². The molecule has 8 nitrogen and oxygen atoms in total. The van der Waals surface area contributed by atoms with E-state index in [2.05, 4.69) is 20.3 Å². The Morgan fingerprint density at radius 2 is 1.80 bits per heavy atom. The lowest BCUT2D eigenvalue weighted by Gasteiger charge is -2.09. The fourth-order valence-corrected chi connectivity index (χ4v) is 4.07. The molecule has 0 saturated carbocycles. The van der Waals surface area contributed by atoms with Gasteiger partial charge in [-0.1, -0.05) is 30.3 Å². The molecular formula is C21H15N5O3S. The van der Waals surface area contributed by atoms with Crippen molar-refractivity contribution in [1.29, 1.82) is 0 Å². The molecule has 0 saturated heterocycles. The van der Waals surface area contributed by atoms with E-state index in [4.69, 9.17) is 0 Å². The predicted octanol–water partition coefficient (Wildman–Crippen LogP) is 3.24. The summed E-state index contributed by atoms with van der Waals surface area (Å²) in [5, 5.41) is 23.5. The molecule has 0 radical (unpaired) electrons. The zero-order valence-electron chi connectivity index (χ0n) is 15.4. The second-order valence-electron chi connectivity index (χ2n) is 6.56. The van der Waals surface area contributed by atoms with Crippen molar-refractivity contribution in [2.24, 2.45) is 0 Å². The average molecular weight is 417 g/mol. The van der Waals surface area contributed by atoms with Crippen LogP contribution < -0.4 is 5.32 Å². The van der Waals surface area contributed by atoms with Gasteiger partial charge in [0.05, 0.1) is 34.3 Å². The van der Waals surface area contributed by atoms with E-state index in [1.807, 2.05) is 36.4 Å². The van der Waals surface area contributed by atoms with Crippen LogP contribution in [0.25, 0.3) is 27.3 Å². The van der Waals surface area contributed by atoms with Crippen LogP contribution in [0, 0.1) is 0 Å². The van der Waals surface area contributed by atoms with Gasteiger partial charge in [0.2, 0.25) is 0 Å². The number of amides is 1. The molecule has 0 unspecified atom stereocenters. The van der Waals surface area contributed by atoms with E-state index >= 15 is 0 Å². The number of imidazole rings is 1. The summed E-state index contributed by atoms with van der Waals surface area (Å²) < 4.78 is 1.62. The smallest absolute Gasteiger partial charge is 0.275 e. The lowest BCUT2D eigenvalue weighted by Crippen LogP contribution is -2.14. The van der Waals surface area contributed by atoms with Gasteiger partial charge >= 0.3 is 0 Å². The van der Waals surface area contributed by atoms with Crippen molar-refractivity contribution in [3.63, 3.8) is 0 Å². The van der Waals surface area contributed by atoms with Crippen LogP contribution in [-0.4, -0.2) is 35.5 Å². The largest absolute Gasteiger partial charge is 0.363 e. The minimum Gasteiger partial charge on any atom is -0.363 e. The molecule has 3 aromatic heterocycles. The lowest BCUT2D eigenvalue weighted by molar-refractivity contribution is -0.0462. The van der Waals surface area contributed by atoms with Crippen molar-refractivity contribution in [3.05, 3.63) is 77.7 Å². The highest BCUT2D eigenvalue weighted by Crippen LogP contribution is 2.30. The predicted molar refractivity (Wildman–Crippen MR) is 113 cm³/mol. The number of hydrogen-bond donors (Lipinski definition) is 3. The Balaban J connectivity index is 1.49. The van der Waals surface area contributed by atoms with Gasteiger partial charge in [-0.3, -0.25) is 14.2 Å². The standard InChI is InChI=1S/C21H15N5O3S/c27-19(16-9-22-14-7-3-4-8-15(14)23-16)24-13-6-2-1-5-12(13)17-10-26-18(20(28)29)11-30-21(26)25-17/h1-11,20,28-29H,(H,24,27). The summed E-state index contributed by atoms with van der Waals surface area (Å²) in [6.45, 7) is 0. The van der Waals surface area contributed by atoms with Crippen LogP contribution in [0.1, 0.15) is 22.5 Å². The monoisotopic (exact) mass is 417 g/mol. The van der Waals surface area contributed by atoms with E-state index in [-0.39, 0.29) is 11.6 Å². The SMILES string of the molecule is O=C(Nc1ccccc1-c1cn2c(C(O)O)csc2n1)c1cnc2ccccc2n1. The number of carbonyl (C=O) groups is 1. The first-order valence-electron chi connectivity index (χ1n) is 9.05. The molecule has 5 aromatic rings. The normalized spacial score (nSPS) is 11.4. The first-order valence-corrected chi connectivity index (χ1v) is 9.93. The van der Waals surface area contributed by atoms with Crippen molar-refractivity contribution in [2.45, 2.75) is 6.29 Å². The highest BCUT2D eigenvalue weighted by Gasteiger charge is 2.17. The first-order chi connectivity index (χ1) is 14.6. The summed E-state index contributed by atoms with van der Waals surface area (Å²) in [7, 11) is 0. The third-order valence-corrected chi connectivity index (χ3v) is 5.49. The quantitative estimate of drug-likeness (QED) is 0.387. The van der Waals surface area contributed by atoms with Gasteiger partial charge in [-0.2, -0.15) is 0 Å². The zero-order valence-corrected chi connectivity index (χ0v) is 16.2. The maximum Gasteiger partial charge on any atom is 0.275 e. The summed E-state index contributed by atoms with van der Waals surface area (Å²) >= 11 is 1.30. The van der Waals surface area contributed by atoms with Crippen LogP contribution in [0.4, 0.5) is 5.69 Å². The third-order valence-electron chi connectivity index (χ3n) is 4.63. The Morgan fingerprint density at radius 3 is 2.63 bits per heavy atom. The van der Waals surface area contributed by atoms with Gasteiger partial charge in [0, 0.05) is 17.1 Å². The molecule has 0 fully saturated rings. The molecular weight excluding hydrogens is 402 g/mol. The van der Waals surface area contributed by atoms with E-state index in [1.54, 1.807) is 28.1 Å². The Morgan fingerprint density at radius 1 is 1.03 bits per heavy atom. The second-order valence-corrected chi connectivity index (χ2v) is 7.39. The number of anilines is 1. The fourth-order valence-electron chi connectivity index (χ4n) is 3.18. The minimum atomic E-state index is -1.60. The fraction of sp³-hybridized carbons (Fsp3) is 0.0476. The zero-order chi connectivity index (χ0) is 20.7. The number of nitrogens with one attached hydrogen (secondary N) is 1. The number of rotatable bonds is 4. The van der Waals surface area contributed by atoms with Crippen LogP contribution in [0.15, 0.2) is 66.3 Å². The molecule has 0 aliphatic carbocycles. The van der Waals surface area contributed by atoms with Crippen LogP contribution in [0.3, 0.4) is 0 Å². The molecule has 0 spiro atoms.